The van der Waals surface area contributed by atoms with E-state index in [1.54, 1.807) is 7.11 Å². The average Bonchev–Trinajstić information content (AvgIpc) is 3.48. The lowest BCUT2D eigenvalue weighted by atomic mass is 9.92. The monoisotopic (exact) mass is 373 g/mol. The fraction of sp³-hybridized carbons (Fsp3) is 0.619. The molecule has 6 nitrogen and oxygen atoms in total. The Morgan fingerprint density at radius 3 is 2.59 bits per heavy atom. The van der Waals surface area contributed by atoms with Crippen molar-refractivity contribution >= 4 is 11.8 Å². The highest BCUT2D eigenvalue weighted by Gasteiger charge is 2.45. The van der Waals surface area contributed by atoms with Crippen LogP contribution in [0.5, 0.6) is 5.75 Å². The summed E-state index contributed by atoms with van der Waals surface area (Å²) in [5.74, 6) is 0.883. The molecule has 1 aliphatic heterocycles. The molecule has 1 aromatic carbocycles. The van der Waals surface area contributed by atoms with Gasteiger partial charge in [0.25, 0.3) is 0 Å². The Bertz CT molecular complexity index is 657. The predicted molar refractivity (Wildman–Crippen MR) is 104 cm³/mol. The normalized spacial score (nSPS) is 23.4. The average molecular weight is 373 g/mol. The fourth-order valence-corrected chi connectivity index (χ4v) is 3.99. The SMILES string of the molecule is CCCCN1C(=O)CC(C(=O)NC(CN)C2CC2)C1c1ccc(OC)cc1. The quantitative estimate of drug-likeness (QED) is 0.695. The van der Waals surface area contributed by atoms with Gasteiger partial charge in [-0.2, -0.15) is 0 Å². The number of benzene rings is 1. The third-order valence-electron chi connectivity index (χ3n) is 5.75. The van der Waals surface area contributed by atoms with Crippen molar-refractivity contribution in [1.82, 2.24) is 10.2 Å². The number of methoxy groups -OCH3 is 1. The minimum absolute atomic E-state index is 0.0220. The highest BCUT2D eigenvalue weighted by molar-refractivity contribution is 5.90. The molecule has 2 aliphatic rings. The molecule has 0 aromatic heterocycles. The summed E-state index contributed by atoms with van der Waals surface area (Å²) in [6, 6.07) is 7.49. The van der Waals surface area contributed by atoms with Crippen LogP contribution in [0.1, 0.15) is 50.6 Å². The number of rotatable bonds is 9. The van der Waals surface area contributed by atoms with Crippen molar-refractivity contribution in [3.05, 3.63) is 29.8 Å². The first-order chi connectivity index (χ1) is 13.1. The maximum Gasteiger partial charge on any atom is 0.226 e. The molecule has 3 unspecified atom stereocenters. The molecule has 1 aromatic rings. The maximum atomic E-state index is 13.0. The fourth-order valence-electron chi connectivity index (χ4n) is 3.99. The number of hydrogen-bond donors (Lipinski definition) is 2. The number of hydrogen-bond acceptors (Lipinski definition) is 4. The Hall–Kier alpha value is -2.08. The van der Waals surface area contributed by atoms with Crippen LogP contribution in [0, 0.1) is 11.8 Å². The van der Waals surface area contributed by atoms with Gasteiger partial charge in [0, 0.05) is 25.6 Å². The second-order valence-electron chi connectivity index (χ2n) is 7.66. The summed E-state index contributed by atoms with van der Waals surface area (Å²) in [6.45, 7) is 3.23. The first kappa shape index (κ1) is 19.7. The summed E-state index contributed by atoms with van der Waals surface area (Å²) in [7, 11) is 1.63. The van der Waals surface area contributed by atoms with Gasteiger partial charge in [-0.15, -0.1) is 0 Å². The van der Waals surface area contributed by atoms with Crippen LogP contribution in [0.4, 0.5) is 0 Å². The number of nitrogens with one attached hydrogen (secondary N) is 1. The van der Waals surface area contributed by atoms with Gasteiger partial charge in [-0.25, -0.2) is 0 Å². The van der Waals surface area contributed by atoms with Gasteiger partial charge in [0.1, 0.15) is 5.75 Å². The van der Waals surface area contributed by atoms with Crippen LogP contribution in [0.15, 0.2) is 24.3 Å². The second-order valence-corrected chi connectivity index (χ2v) is 7.66. The molecular formula is C21H31N3O3. The molecule has 0 radical (unpaired) electrons. The number of ether oxygens (including phenoxy) is 1. The van der Waals surface area contributed by atoms with Crippen molar-refractivity contribution in [1.29, 1.82) is 0 Å². The van der Waals surface area contributed by atoms with Crippen molar-refractivity contribution in [2.75, 3.05) is 20.2 Å². The van der Waals surface area contributed by atoms with E-state index in [4.69, 9.17) is 10.5 Å². The molecule has 3 rings (SSSR count). The molecule has 2 amide bonds. The van der Waals surface area contributed by atoms with E-state index in [0.29, 0.717) is 19.0 Å². The van der Waals surface area contributed by atoms with E-state index in [1.165, 1.54) is 0 Å². The molecular weight excluding hydrogens is 342 g/mol. The zero-order valence-electron chi connectivity index (χ0n) is 16.3. The van der Waals surface area contributed by atoms with Crippen molar-refractivity contribution in [3.63, 3.8) is 0 Å². The first-order valence-electron chi connectivity index (χ1n) is 10.0. The van der Waals surface area contributed by atoms with E-state index < -0.39 is 0 Å². The Morgan fingerprint density at radius 1 is 1.33 bits per heavy atom. The number of carbonyl (C=O) groups excluding carboxylic acids is 2. The second kappa shape index (κ2) is 8.74. The highest BCUT2D eigenvalue weighted by atomic mass is 16.5. The van der Waals surface area contributed by atoms with Gasteiger partial charge in [0.2, 0.25) is 11.8 Å². The highest BCUT2D eigenvalue weighted by Crippen LogP contribution is 2.40. The van der Waals surface area contributed by atoms with Gasteiger partial charge in [0.15, 0.2) is 0 Å². The van der Waals surface area contributed by atoms with Gasteiger partial charge >= 0.3 is 0 Å². The zero-order valence-corrected chi connectivity index (χ0v) is 16.3. The first-order valence-corrected chi connectivity index (χ1v) is 10.0. The van der Waals surface area contributed by atoms with Gasteiger partial charge < -0.3 is 20.7 Å². The number of likely N-dealkylation sites (tertiary alicyclic amines) is 1. The lowest BCUT2D eigenvalue weighted by Crippen LogP contribution is -2.45. The van der Waals surface area contributed by atoms with E-state index in [0.717, 1.165) is 37.0 Å². The van der Waals surface area contributed by atoms with Crippen LogP contribution in [0.25, 0.3) is 0 Å². The lowest BCUT2D eigenvalue weighted by Gasteiger charge is -2.29. The Balaban J connectivity index is 1.82. The Morgan fingerprint density at radius 2 is 2.04 bits per heavy atom. The van der Waals surface area contributed by atoms with Gasteiger partial charge in [-0.3, -0.25) is 9.59 Å². The molecule has 1 saturated carbocycles. The van der Waals surface area contributed by atoms with Crippen LogP contribution in [-0.2, 0) is 9.59 Å². The molecule has 148 valence electrons. The molecule has 6 heteroatoms. The van der Waals surface area contributed by atoms with Gasteiger partial charge in [-0.1, -0.05) is 25.5 Å². The molecule has 3 atom stereocenters. The molecule has 0 bridgehead atoms. The molecule has 27 heavy (non-hydrogen) atoms. The third-order valence-corrected chi connectivity index (χ3v) is 5.75. The summed E-state index contributed by atoms with van der Waals surface area (Å²) in [4.78, 5) is 27.6. The van der Waals surface area contributed by atoms with E-state index in [9.17, 15) is 9.59 Å². The number of carbonyl (C=O) groups is 2. The summed E-state index contributed by atoms with van der Waals surface area (Å²) >= 11 is 0. The zero-order chi connectivity index (χ0) is 19.4. The number of unbranched alkanes of at least 4 members (excludes halogenated alkanes) is 1. The van der Waals surface area contributed by atoms with Gasteiger partial charge in [-0.05, 0) is 42.9 Å². The lowest BCUT2D eigenvalue weighted by molar-refractivity contribution is -0.129. The molecule has 0 spiro atoms. The molecule has 1 heterocycles. The third kappa shape index (κ3) is 4.43. The summed E-state index contributed by atoms with van der Waals surface area (Å²) < 4.78 is 5.25. The Labute approximate surface area is 161 Å². The van der Waals surface area contributed by atoms with Crippen LogP contribution in [0.2, 0.25) is 0 Å². The number of nitrogens with two attached hydrogens (primary N) is 1. The van der Waals surface area contributed by atoms with Crippen LogP contribution in [0.3, 0.4) is 0 Å². The van der Waals surface area contributed by atoms with Crippen LogP contribution < -0.4 is 15.8 Å². The molecule has 2 fully saturated rings. The molecule has 1 saturated heterocycles. The van der Waals surface area contributed by atoms with E-state index >= 15 is 0 Å². The molecule has 3 N–H and O–H groups in total. The maximum absolute atomic E-state index is 13.0. The number of nitrogens with zero attached hydrogens (tertiary/aromatic N) is 1. The largest absolute Gasteiger partial charge is 0.497 e. The minimum Gasteiger partial charge on any atom is -0.497 e. The van der Waals surface area contributed by atoms with Crippen LogP contribution in [-0.4, -0.2) is 43.0 Å². The van der Waals surface area contributed by atoms with Crippen molar-refractivity contribution in [3.8, 4) is 5.75 Å². The van der Waals surface area contributed by atoms with E-state index in [-0.39, 0.29) is 36.2 Å². The van der Waals surface area contributed by atoms with E-state index in [2.05, 4.69) is 12.2 Å². The van der Waals surface area contributed by atoms with Crippen LogP contribution >= 0.6 is 0 Å². The number of amides is 2. The van der Waals surface area contributed by atoms with Crippen molar-refractivity contribution in [2.45, 2.75) is 51.1 Å². The smallest absolute Gasteiger partial charge is 0.226 e. The standard InChI is InChI=1S/C21H31N3O3/c1-3-4-11-24-19(25)12-17(21(26)23-18(13-22)14-5-6-14)20(24)15-7-9-16(27-2)10-8-15/h7-10,14,17-18,20H,3-6,11-13,22H2,1-2H3,(H,23,26). The van der Waals surface area contributed by atoms with Crippen molar-refractivity contribution in [2.24, 2.45) is 17.6 Å². The minimum atomic E-state index is -0.379. The topological polar surface area (TPSA) is 84.7 Å². The van der Waals surface area contributed by atoms with Gasteiger partial charge in [0.05, 0.1) is 19.1 Å². The Kier molecular flexibility index (Phi) is 6.37. The predicted octanol–water partition coefficient (Wildman–Crippen LogP) is 2.24. The van der Waals surface area contributed by atoms with E-state index in [1.807, 2.05) is 29.2 Å². The van der Waals surface area contributed by atoms with Crippen molar-refractivity contribution < 1.29 is 14.3 Å². The summed E-state index contributed by atoms with van der Waals surface area (Å²) in [5, 5.41) is 3.12. The summed E-state index contributed by atoms with van der Waals surface area (Å²) in [6.07, 6.45) is 4.44. The molecule has 1 aliphatic carbocycles. The summed E-state index contributed by atoms with van der Waals surface area (Å²) in [5.41, 5.74) is 6.83.